The van der Waals surface area contributed by atoms with E-state index in [2.05, 4.69) is 4.98 Å². The van der Waals surface area contributed by atoms with E-state index in [1.807, 2.05) is 22.9 Å². The molecule has 1 aromatic heterocycles. The lowest BCUT2D eigenvalue weighted by atomic mass is 10.2. The molecular formula is C16H13FN2O. The topological polar surface area (TPSA) is 38.0 Å². The van der Waals surface area contributed by atoms with E-state index in [9.17, 15) is 9.50 Å². The van der Waals surface area contributed by atoms with E-state index in [4.69, 9.17) is 0 Å². The van der Waals surface area contributed by atoms with Crippen molar-refractivity contribution < 1.29 is 9.50 Å². The molecule has 0 spiro atoms. The van der Waals surface area contributed by atoms with E-state index in [1.54, 1.807) is 30.5 Å². The minimum absolute atomic E-state index is 0.256. The Morgan fingerprint density at radius 2 is 1.80 bits per heavy atom. The summed E-state index contributed by atoms with van der Waals surface area (Å²) in [6.07, 6.45) is 3.53. The van der Waals surface area contributed by atoms with Gasteiger partial charge >= 0.3 is 0 Å². The van der Waals surface area contributed by atoms with Crippen molar-refractivity contribution in [3.05, 3.63) is 72.3 Å². The summed E-state index contributed by atoms with van der Waals surface area (Å²) < 4.78 is 14.9. The number of halogens is 1. The Balaban J connectivity index is 1.95. The Kier molecular flexibility index (Phi) is 3.21. The number of imidazole rings is 1. The van der Waals surface area contributed by atoms with Gasteiger partial charge in [0.05, 0.1) is 6.54 Å². The van der Waals surface area contributed by atoms with Gasteiger partial charge in [-0.25, -0.2) is 9.37 Å². The summed E-state index contributed by atoms with van der Waals surface area (Å²) in [5.74, 6) is 0.729. The van der Waals surface area contributed by atoms with Crippen molar-refractivity contribution in [1.29, 1.82) is 0 Å². The smallest absolute Gasteiger partial charge is 0.140 e. The summed E-state index contributed by atoms with van der Waals surface area (Å²) >= 11 is 0. The molecule has 0 amide bonds. The zero-order valence-electron chi connectivity index (χ0n) is 10.7. The van der Waals surface area contributed by atoms with E-state index in [0.717, 1.165) is 17.0 Å². The molecule has 2 aromatic carbocycles. The number of phenolic OH excluding ortho intramolecular Hbond substituents is 1. The second-order valence-corrected chi connectivity index (χ2v) is 4.51. The zero-order valence-corrected chi connectivity index (χ0v) is 10.7. The van der Waals surface area contributed by atoms with Crippen LogP contribution >= 0.6 is 0 Å². The molecule has 0 aliphatic carbocycles. The van der Waals surface area contributed by atoms with Crippen LogP contribution in [0.25, 0.3) is 11.4 Å². The van der Waals surface area contributed by atoms with Crippen LogP contribution in [0.5, 0.6) is 5.75 Å². The molecule has 0 radical (unpaired) electrons. The Morgan fingerprint density at radius 3 is 2.55 bits per heavy atom. The van der Waals surface area contributed by atoms with Crippen LogP contribution in [-0.2, 0) is 6.54 Å². The molecule has 3 aromatic rings. The fraction of sp³-hybridized carbons (Fsp3) is 0.0625. The van der Waals surface area contributed by atoms with Crippen molar-refractivity contribution in [3.8, 4) is 17.1 Å². The van der Waals surface area contributed by atoms with Crippen LogP contribution in [0.1, 0.15) is 5.56 Å². The quantitative estimate of drug-likeness (QED) is 0.790. The third-order valence-electron chi connectivity index (χ3n) is 3.15. The molecule has 0 unspecified atom stereocenters. The highest BCUT2D eigenvalue weighted by Crippen LogP contribution is 2.22. The van der Waals surface area contributed by atoms with E-state index in [-0.39, 0.29) is 11.6 Å². The largest absolute Gasteiger partial charge is 0.508 e. The number of aromatic hydroxyl groups is 1. The van der Waals surface area contributed by atoms with Gasteiger partial charge in [0.1, 0.15) is 17.4 Å². The van der Waals surface area contributed by atoms with Crippen molar-refractivity contribution in [1.82, 2.24) is 9.55 Å². The molecule has 3 nitrogen and oxygen atoms in total. The summed E-state index contributed by atoms with van der Waals surface area (Å²) in [6, 6.07) is 13.4. The first-order valence-corrected chi connectivity index (χ1v) is 6.28. The van der Waals surface area contributed by atoms with Gasteiger partial charge in [0.25, 0.3) is 0 Å². The molecule has 100 valence electrons. The molecule has 4 heteroatoms. The first-order chi connectivity index (χ1) is 9.74. The average Bonchev–Trinajstić information content (AvgIpc) is 2.90. The minimum Gasteiger partial charge on any atom is -0.508 e. The lowest BCUT2D eigenvalue weighted by molar-refractivity contribution is 0.466. The van der Waals surface area contributed by atoms with Gasteiger partial charge in [0, 0.05) is 23.5 Å². The predicted octanol–water partition coefficient (Wildman–Crippen LogP) is 3.44. The molecule has 0 bridgehead atoms. The molecule has 0 atom stereocenters. The molecule has 20 heavy (non-hydrogen) atoms. The summed E-state index contributed by atoms with van der Waals surface area (Å²) in [7, 11) is 0. The third kappa shape index (κ3) is 2.40. The number of nitrogens with zero attached hydrogens (tertiary/aromatic N) is 2. The third-order valence-corrected chi connectivity index (χ3v) is 3.15. The van der Waals surface area contributed by atoms with Gasteiger partial charge in [-0.15, -0.1) is 0 Å². The number of para-hydroxylation sites is 1. The van der Waals surface area contributed by atoms with Crippen molar-refractivity contribution in [2.45, 2.75) is 6.54 Å². The fourth-order valence-electron chi connectivity index (χ4n) is 2.12. The Morgan fingerprint density at radius 1 is 1.05 bits per heavy atom. The molecular weight excluding hydrogens is 255 g/mol. The van der Waals surface area contributed by atoms with Gasteiger partial charge < -0.3 is 9.67 Å². The fourth-order valence-corrected chi connectivity index (χ4v) is 2.12. The number of aromatic nitrogens is 2. The van der Waals surface area contributed by atoms with Gasteiger partial charge in [0.15, 0.2) is 0 Å². The summed E-state index contributed by atoms with van der Waals surface area (Å²) in [6.45, 7) is 0.513. The second-order valence-electron chi connectivity index (χ2n) is 4.51. The molecule has 1 heterocycles. The van der Waals surface area contributed by atoms with Crippen molar-refractivity contribution >= 4 is 0 Å². The standard InChI is InChI=1S/C16H13FN2O/c17-14-7-5-12(6-8-14)16-18-9-10-19(16)11-13-3-1-2-4-15(13)20/h1-10,20H,11H2. The summed E-state index contributed by atoms with van der Waals surface area (Å²) in [5, 5.41) is 9.82. The normalized spacial score (nSPS) is 10.7. The van der Waals surface area contributed by atoms with Gasteiger partial charge in [-0.05, 0) is 30.3 Å². The van der Waals surface area contributed by atoms with Gasteiger partial charge in [0.2, 0.25) is 0 Å². The van der Waals surface area contributed by atoms with Gasteiger partial charge in [-0.1, -0.05) is 18.2 Å². The highest BCUT2D eigenvalue weighted by atomic mass is 19.1. The number of hydrogen-bond donors (Lipinski definition) is 1. The lowest BCUT2D eigenvalue weighted by Crippen LogP contribution is -2.01. The van der Waals surface area contributed by atoms with Crippen LogP contribution in [-0.4, -0.2) is 14.7 Å². The number of phenols is 1. The van der Waals surface area contributed by atoms with Crippen LogP contribution in [0, 0.1) is 5.82 Å². The Bertz CT molecular complexity index is 719. The van der Waals surface area contributed by atoms with Crippen LogP contribution < -0.4 is 0 Å². The molecule has 0 aliphatic rings. The number of rotatable bonds is 3. The SMILES string of the molecule is Oc1ccccc1Cn1ccnc1-c1ccc(F)cc1. The van der Waals surface area contributed by atoms with Crippen molar-refractivity contribution in [2.75, 3.05) is 0 Å². The van der Waals surface area contributed by atoms with Crippen LogP contribution in [0.2, 0.25) is 0 Å². The first-order valence-electron chi connectivity index (χ1n) is 6.28. The summed E-state index contributed by atoms with van der Waals surface area (Å²) in [5.41, 5.74) is 1.65. The number of benzene rings is 2. The van der Waals surface area contributed by atoms with Crippen LogP contribution in [0.15, 0.2) is 60.9 Å². The molecule has 0 saturated heterocycles. The predicted molar refractivity (Wildman–Crippen MR) is 74.8 cm³/mol. The highest BCUT2D eigenvalue weighted by Gasteiger charge is 2.08. The van der Waals surface area contributed by atoms with Crippen LogP contribution in [0.4, 0.5) is 4.39 Å². The minimum atomic E-state index is -0.271. The lowest BCUT2D eigenvalue weighted by Gasteiger charge is -2.09. The maximum Gasteiger partial charge on any atom is 0.140 e. The zero-order chi connectivity index (χ0) is 13.9. The Labute approximate surface area is 116 Å². The Hall–Kier alpha value is -2.62. The molecule has 3 rings (SSSR count). The maximum atomic E-state index is 13.0. The number of hydrogen-bond acceptors (Lipinski definition) is 2. The summed E-state index contributed by atoms with van der Waals surface area (Å²) in [4.78, 5) is 4.30. The van der Waals surface area contributed by atoms with Gasteiger partial charge in [-0.3, -0.25) is 0 Å². The average molecular weight is 268 g/mol. The van der Waals surface area contributed by atoms with E-state index >= 15 is 0 Å². The first kappa shape index (κ1) is 12.4. The molecule has 0 aliphatic heterocycles. The van der Waals surface area contributed by atoms with E-state index in [0.29, 0.717) is 6.54 Å². The molecule has 1 N–H and O–H groups in total. The van der Waals surface area contributed by atoms with Crippen molar-refractivity contribution in [3.63, 3.8) is 0 Å². The van der Waals surface area contributed by atoms with E-state index in [1.165, 1.54) is 12.1 Å². The molecule has 0 fully saturated rings. The monoisotopic (exact) mass is 268 g/mol. The van der Waals surface area contributed by atoms with Crippen molar-refractivity contribution in [2.24, 2.45) is 0 Å². The molecule has 0 saturated carbocycles. The second kappa shape index (κ2) is 5.17. The van der Waals surface area contributed by atoms with Crippen LogP contribution in [0.3, 0.4) is 0 Å². The maximum absolute atomic E-state index is 13.0. The van der Waals surface area contributed by atoms with E-state index < -0.39 is 0 Å². The highest BCUT2D eigenvalue weighted by molar-refractivity contribution is 5.55. The van der Waals surface area contributed by atoms with Gasteiger partial charge in [-0.2, -0.15) is 0 Å².